The molecule has 0 amide bonds. The zero-order valence-corrected chi connectivity index (χ0v) is 19.8. The highest BCUT2D eigenvalue weighted by Gasteiger charge is 2.21. The predicted molar refractivity (Wildman–Crippen MR) is 130 cm³/mol. The normalized spacial score (nSPS) is 13.5. The van der Waals surface area contributed by atoms with Gasteiger partial charge in [-0.25, -0.2) is 0 Å². The van der Waals surface area contributed by atoms with Crippen LogP contribution in [0.4, 0.5) is 0 Å². The van der Waals surface area contributed by atoms with Gasteiger partial charge in [0.1, 0.15) is 13.2 Å². The van der Waals surface area contributed by atoms with E-state index in [1.165, 1.54) is 0 Å². The number of ether oxygens (including phenoxy) is 4. The molecule has 0 saturated carbocycles. The Kier molecular flexibility index (Phi) is 6.23. The van der Waals surface area contributed by atoms with E-state index in [2.05, 4.69) is 10.3 Å². The minimum atomic E-state index is -0.216. The Balaban J connectivity index is 0.00000253. The molecule has 0 radical (unpaired) electrons. The number of fused-ring (bicyclic) bond motifs is 3. The van der Waals surface area contributed by atoms with Gasteiger partial charge < -0.3 is 28.7 Å². The molecular formula is C26H23ClN2O6. The Bertz CT molecular complexity index is 1420. The summed E-state index contributed by atoms with van der Waals surface area (Å²) in [4.78, 5) is 17.6. The highest BCUT2D eigenvalue weighted by molar-refractivity contribution is 6.09. The Morgan fingerprint density at radius 2 is 1.66 bits per heavy atom. The summed E-state index contributed by atoms with van der Waals surface area (Å²) in [7, 11) is 0. The maximum absolute atomic E-state index is 13.2. The second kappa shape index (κ2) is 9.48. The number of hydrogen-bond donors (Lipinski definition) is 1. The van der Waals surface area contributed by atoms with Crippen molar-refractivity contribution in [3.8, 4) is 23.0 Å². The molecule has 35 heavy (non-hydrogen) atoms. The monoisotopic (exact) mass is 494 g/mol. The van der Waals surface area contributed by atoms with Crippen molar-refractivity contribution < 1.29 is 28.2 Å². The first-order chi connectivity index (χ1) is 16.7. The Hall–Kier alpha value is -3.75. The fourth-order valence-corrected chi connectivity index (χ4v) is 4.17. The molecule has 8 nitrogen and oxygen atoms in total. The Morgan fingerprint density at radius 3 is 2.54 bits per heavy atom. The van der Waals surface area contributed by atoms with Crippen LogP contribution >= 0.6 is 12.4 Å². The van der Waals surface area contributed by atoms with Crippen molar-refractivity contribution >= 4 is 29.2 Å². The van der Waals surface area contributed by atoms with E-state index in [0.29, 0.717) is 48.9 Å². The highest BCUT2D eigenvalue weighted by Crippen LogP contribution is 2.34. The smallest absolute Gasteiger partial charge is 0.231 e. The van der Waals surface area contributed by atoms with Crippen LogP contribution in [0, 0.1) is 6.92 Å². The van der Waals surface area contributed by atoms with Crippen molar-refractivity contribution in [2.75, 3.05) is 20.0 Å². The summed E-state index contributed by atoms with van der Waals surface area (Å²) in [6.07, 6.45) is 1.82. The summed E-state index contributed by atoms with van der Waals surface area (Å²) < 4.78 is 27.9. The Morgan fingerprint density at radius 1 is 0.914 bits per heavy atom. The van der Waals surface area contributed by atoms with Crippen LogP contribution in [-0.2, 0) is 13.1 Å². The van der Waals surface area contributed by atoms with Gasteiger partial charge in [0.05, 0.1) is 5.69 Å². The van der Waals surface area contributed by atoms with Gasteiger partial charge in [0.25, 0.3) is 0 Å². The molecule has 2 aliphatic heterocycles. The van der Waals surface area contributed by atoms with E-state index in [1.54, 1.807) is 24.3 Å². The molecule has 0 unspecified atom stereocenters. The molecule has 2 aliphatic rings. The first kappa shape index (κ1) is 23.0. The summed E-state index contributed by atoms with van der Waals surface area (Å²) in [5.74, 6) is 2.78. The molecule has 9 heteroatoms. The number of carbonyl (C=O) groups excluding carboxylic acids is 1. The second-order valence-electron chi connectivity index (χ2n) is 8.20. The molecule has 0 spiro atoms. The van der Waals surface area contributed by atoms with Gasteiger partial charge in [0, 0.05) is 30.2 Å². The topological polar surface area (TPSA) is 92.1 Å². The summed E-state index contributed by atoms with van der Waals surface area (Å²) in [6.45, 7) is 4.30. The number of pyridine rings is 1. The van der Waals surface area contributed by atoms with Crippen LogP contribution in [0.2, 0.25) is 0 Å². The van der Waals surface area contributed by atoms with Gasteiger partial charge >= 0.3 is 0 Å². The quantitative estimate of drug-likeness (QED) is 0.389. The molecule has 0 aliphatic carbocycles. The molecule has 0 bridgehead atoms. The maximum Gasteiger partial charge on any atom is 0.231 e. The fraction of sp³-hybridized carbons (Fsp3) is 0.231. The molecule has 2 aromatic heterocycles. The van der Waals surface area contributed by atoms with Crippen molar-refractivity contribution in [2.45, 2.75) is 20.0 Å². The van der Waals surface area contributed by atoms with Crippen molar-refractivity contribution in [1.82, 2.24) is 10.3 Å². The summed E-state index contributed by atoms with van der Waals surface area (Å²) in [5, 5.41) is 4.30. The number of furan rings is 1. The molecular weight excluding hydrogens is 472 g/mol. The molecule has 1 N–H and O–H groups in total. The number of aromatic nitrogens is 1. The lowest BCUT2D eigenvalue weighted by atomic mass is 10.1. The molecule has 0 atom stereocenters. The van der Waals surface area contributed by atoms with Gasteiger partial charge in [0.15, 0.2) is 34.3 Å². The molecule has 2 aromatic carbocycles. The van der Waals surface area contributed by atoms with Gasteiger partial charge in [-0.15, -0.1) is 12.4 Å². The van der Waals surface area contributed by atoms with E-state index in [4.69, 9.17) is 23.4 Å². The number of aryl methyl sites for hydroxylation is 1. The van der Waals surface area contributed by atoms with Crippen molar-refractivity contribution in [2.24, 2.45) is 0 Å². The zero-order valence-electron chi connectivity index (χ0n) is 19.0. The number of benzene rings is 2. The van der Waals surface area contributed by atoms with E-state index in [-0.39, 0.29) is 30.7 Å². The number of ketones is 1. The minimum absolute atomic E-state index is 0. The average molecular weight is 495 g/mol. The maximum atomic E-state index is 13.2. The third-order valence-electron chi connectivity index (χ3n) is 5.93. The van der Waals surface area contributed by atoms with E-state index >= 15 is 0 Å². The number of nitrogens with zero attached hydrogens (tertiary/aromatic N) is 1. The van der Waals surface area contributed by atoms with Crippen LogP contribution in [0.15, 0.2) is 53.1 Å². The van der Waals surface area contributed by atoms with Crippen LogP contribution in [-0.4, -0.2) is 30.8 Å². The van der Waals surface area contributed by atoms with Crippen LogP contribution in [0.1, 0.15) is 32.9 Å². The molecule has 4 heterocycles. The number of nitrogens with one attached hydrogen (secondary N) is 1. The highest BCUT2D eigenvalue weighted by atomic mass is 35.5. The lowest BCUT2D eigenvalue weighted by Crippen LogP contribution is -2.15. The van der Waals surface area contributed by atoms with E-state index < -0.39 is 0 Å². The fourth-order valence-electron chi connectivity index (χ4n) is 4.17. The third kappa shape index (κ3) is 4.38. The van der Waals surface area contributed by atoms with Gasteiger partial charge in [-0.1, -0.05) is 6.07 Å². The molecule has 0 fully saturated rings. The van der Waals surface area contributed by atoms with Crippen LogP contribution in [0.25, 0.3) is 11.0 Å². The first-order valence-corrected chi connectivity index (χ1v) is 11.1. The lowest BCUT2D eigenvalue weighted by Gasteiger charge is -2.18. The van der Waals surface area contributed by atoms with Crippen LogP contribution in [0.5, 0.6) is 23.0 Å². The van der Waals surface area contributed by atoms with Crippen molar-refractivity contribution in [3.63, 3.8) is 0 Å². The SMILES string of the molecule is Cc1ncc(CNCc2ccc3c(c2)OCO3)c2cc(C(=O)c3ccc4c(c3)OCCO4)oc12.Cl. The first-order valence-electron chi connectivity index (χ1n) is 11.1. The molecule has 6 rings (SSSR count). The number of halogens is 1. The third-order valence-corrected chi connectivity index (χ3v) is 5.93. The van der Waals surface area contributed by atoms with E-state index in [1.807, 2.05) is 31.3 Å². The molecule has 180 valence electrons. The van der Waals surface area contributed by atoms with Crippen molar-refractivity contribution in [1.29, 1.82) is 0 Å². The van der Waals surface area contributed by atoms with Crippen LogP contribution in [0.3, 0.4) is 0 Å². The molecule has 0 saturated heterocycles. The van der Waals surface area contributed by atoms with Gasteiger partial charge in [0.2, 0.25) is 12.6 Å². The summed E-state index contributed by atoms with van der Waals surface area (Å²) >= 11 is 0. The molecule has 4 aromatic rings. The number of hydrogen-bond acceptors (Lipinski definition) is 8. The van der Waals surface area contributed by atoms with Crippen LogP contribution < -0.4 is 24.3 Å². The minimum Gasteiger partial charge on any atom is -0.486 e. The summed E-state index contributed by atoms with van der Waals surface area (Å²) in [5.41, 5.74) is 3.86. The summed E-state index contributed by atoms with van der Waals surface area (Å²) in [6, 6.07) is 12.9. The number of carbonyl (C=O) groups is 1. The number of rotatable bonds is 6. The van der Waals surface area contributed by atoms with Gasteiger partial charge in [-0.3, -0.25) is 9.78 Å². The van der Waals surface area contributed by atoms with E-state index in [9.17, 15) is 4.79 Å². The largest absolute Gasteiger partial charge is 0.486 e. The predicted octanol–water partition coefficient (Wildman–Crippen LogP) is 4.58. The Labute approximate surface area is 207 Å². The second-order valence-corrected chi connectivity index (χ2v) is 8.20. The van der Waals surface area contributed by atoms with Gasteiger partial charge in [-0.05, 0) is 54.4 Å². The zero-order chi connectivity index (χ0) is 23.1. The van der Waals surface area contributed by atoms with Gasteiger partial charge in [-0.2, -0.15) is 0 Å². The lowest BCUT2D eigenvalue weighted by molar-refractivity contribution is 0.101. The van der Waals surface area contributed by atoms with Crippen molar-refractivity contribution in [3.05, 3.63) is 76.8 Å². The van der Waals surface area contributed by atoms with E-state index in [0.717, 1.165) is 33.7 Å². The standard InChI is InChI=1S/C26H22N2O6.ClH/c1-15-26-19(10-24(34-26)25(29)17-3-5-20-23(9-17)31-7-6-30-20)18(13-28-15)12-27-11-16-2-4-21-22(8-16)33-14-32-21;/h2-5,8-10,13,27H,6-7,11-12,14H2,1H3;1H. The average Bonchev–Trinajstić information content (AvgIpc) is 3.52.